The Morgan fingerprint density at radius 1 is 0.842 bits per heavy atom. The van der Waals surface area contributed by atoms with Crippen molar-refractivity contribution in [1.29, 1.82) is 0 Å². The zero-order valence-corrected chi connectivity index (χ0v) is 14.0. The van der Waals surface area contributed by atoms with E-state index in [9.17, 15) is 0 Å². The minimum atomic E-state index is -0.327. The maximum absolute atomic E-state index is 5.17. The molecule has 0 fully saturated rings. The van der Waals surface area contributed by atoms with Crippen molar-refractivity contribution < 1.29 is 6.16 Å². The Balaban J connectivity index is 0. The summed E-state index contributed by atoms with van der Waals surface area (Å²) in [4.78, 5) is 0. The third-order valence-corrected chi connectivity index (χ3v) is 4.43. The predicted octanol–water partition coefficient (Wildman–Crippen LogP) is 5.07. The van der Waals surface area contributed by atoms with Gasteiger partial charge in [-0.2, -0.15) is 19.0 Å². The van der Waals surface area contributed by atoms with Gasteiger partial charge >= 0.3 is 1.43 Å². The summed E-state index contributed by atoms with van der Waals surface area (Å²) in [6.07, 6.45) is 13.1. The molecule has 0 spiro atoms. The third kappa shape index (κ3) is 9.51. The summed E-state index contributed by atoms with van der Waals surface area (Å²) in [5, 5.41) is 3.96. The summed E-state index contributed by atoms with van der Waals surface area (Å²) in [5.41, 5.74) is 0. The minimum absolute atomic E-state index is 0. The van der Waals surface area contributed by atoms with Crippen LogP contribution in [0.2, 0.25) is 19.0 Å². The fraction of sp³-hybridized carbons (Fsp3) is 1.00. The van der Waals surface area contributed by atoms with Crippen molar-refractivity contribution in [2.75, 3.05) is 20.3 Å². The van der Waals surface area contributed by atoms with E-state index in [0.717, 1.165) is 19.6 Å². The van der Waals surface area contributed by atoms with E-state index in [1.165, 1.54) is 57.5 Å². The molecular formula is C16H38BNO. The molecule has 19 heavy (non-hydrogen) atoms. The normalized spacial score (nSPS) is 12.0. The van der Waals surface area contributed by atoms with E-state index >= 15 is 0 Å². The lowest BCUT2D eigenvalue weighted by Gasteiger charge is -2.42. The highest BCUT2D eigenvalue weighted by atomic mass is 16.5. The molecule has 0 unspecified atom stereocenters. The number of hydrogen-bond donors (Lipinski definition) is 1. The Kier molecular flexibility index (Phi) is 13.0. The van der Waals surface area contributed by atoms with Crippen LogP contribution in [0.1, 0.15) is 67.1 Å². The highest BCUT2D eigenvalue weighted by Crippen LogP contribution is 2.25. The first-order valence-electron chi connectivity index (χ1n) is 8.69. The number of ether oxygens (including phenoxy) is 1. The van der Waals surface area contributed by atoms with Crippen molar-refractivity contribution in [2.45, 2.75) is 84.7 Å². The van der Waals surface area contributed by atoms with Gasteiger partial charge in [0.2, 0.25) is 0 Å². The van der Waals surface area contributed by atoms with Crippen LogP contribution in [-0.2, 0) is 4.74 Å². The Morgan fingerprint density at radius 3 is 1.68 bits per heavy atom. The van der Waals surface area contributed by atoms with Gasteiger partial charge in [0.15, 0.2) is 0 Å². The Hall–Kier alpha value is -0.0151. The first-order valence-corrected chi connectivity index (χ1v) is 8.69. The monoisotopic (exact) mass is 271 g/mol. The van der Waals surface area contributed by atoms with E-state index < -0.39 is 0 Å². The van der Waals surface area contributed by atoms with Crippen molar-refractivity contribution in [3.05, 3.63) is 0 Å². The van der Waals surface area contributed by atoms with Gasteiger partial charge in [-0.05, 0) is 13.0 Å². The standard InChI is InChI=1S/C16H37BNO/c1-5-8-12-17(13-9-6-2,14-10-7-3)18-15-11-16-19-4/h18H,5-16H2,1-4H3/q-1/p+1. The van der Waals surface area contributed by atoms with Crippen LogP contribution in [0.3, 0.4) is 0 Å². The second-order valence-corrected chi connectivity index (χ2v) is 6.21. The predicted molar refractivity (Wildman–Crippen MR) is 90.5 cm³/mol. The summed E-state index contributed by atoms with van der Waals surface area (Å²) in [7, 11) is 1.80. The molecule has 0 rings (SSSR count). The molecule has 0 aliphatic rings. The molecular weight excluding hydrogens is 233 g/mol. The van der Waals surface area contributed by atoms with Gasteiger partial charge < -0.3 is 9.96 Å². The van der Waals surface area contributed by atoms with Crippen molar-refractivity contribution in [2.24, 2.45) is 0 Å². The maximum atomic E-state index is 5.17. The lowest BCUT2D eigenvalue weighted by Crippen LogP contribution is -2.50. The zero-order valence-electron chi connectivity index (χ0n) is 15.0. The van der Waals surface area contributed by atoms with Crippen LogP contribution in [0.25, 0.3) is 0 Å². The average molecular weight is 271 g/mol. The van der Waals surface area contributed by atoms with Crippen molar-refractivity contribution in [1.82, 2.24) is 5.23 Å². The summed E-state index contributed by atoms with van der Waals surface area (Å²) >= 11 is 0. The van der Waals surface area contributed by atoms with Gasteiger partial charge in [-0.1, -0.05) is 59.3 Å². The van der Waals surface area contributed by atoms with E-state index in [-0.39, 0.29) is 7.71 Å². The van der Waals surface area contributed by atoms with Gasteiger partial charge in [-0.25, -0.2) is 0 Å². The summed E-state index contributed by atoms with van der Waals surface area (Å²) < 4.78 is 5.17. The molecule has 3 heteroatoms. The number of hydrogen-bond acceptors (Lipinski definition) is 2. The lowest BCUT2D eigenvalue weighted by atomic mass is 9.28. The Morgan fingerprint density at radius 2 is 1.32 bits per heavy atom. The molecule has 0 amide bonds. The van der Waals surface area contributed by atoms with Crippen molar-refractivity contribution >= 4 is 6.28 Å². The van der Waals surface area contributed by atoms with Crippen LogP contribution in [0.4, 0.5) is 0 Å². The summed E-state index contributed by atoms with van der Waals surface area (Å²) in [5.74, 6) is 0. The molecule has 0 atom stereocenters. The highest BCUT2D eigenvalue weighted by molar-refractivity contribution is 6.77. The molecule has 0 bridgehead atoms. The number of unbranched alkanes of at least 4 members (excludes halogenated alkanes) is 3. The van der Waals surface area contributed by atoms with E-state index in [4.69, 9.17) is 4.74 Å². The largest absolute Gasteiger partial charge is 1.00 e. The molecule has 0 aliphatic carbocycles. The zero-order chi connectivity index (χ0) is 14.4. The van der Waals surface area contributed by atoms with E-state index in [2.05, 4.69) is 26.0 Å². The van der Waals surface area contributed by atoms with Gasteiger partial charge in [0.1, 0.15) is 0 Å². The van der Waals surface area contributed by atoms with Crippen LogP contribution in [0.5, 0.6) is 0 Å². The second-order valence-electron chi connectivity index (χ2n) is 6.21. The van der Waals surface area contributed by atoms with Gasteiger partial charge in [-0.15, -0.1) is 0 Å². The van der Waals surface area contributed by atoms with E-state index in [1.54, 1.807) is 7.11 Å². The summed E-state index contributed by atoms with van der Waals surface area (Å²) in [6, 6.07) is 0. The lowest BCUT2D eigenvalue weighted by molar-refractivity contribution is 0.195. The van der Waals surface area contributed by atoms with Gasteiger partial charge in [0, 0.05) is 13.7 Å². The van der Waals surface area contributed by atoms with Crippen LogP contribution in [0.15, 0.2) is 0 Å². The molecule has 0 aliphatic heterocycles. The first-order chi connectivity index (χ1) is 9.24. The quantitative estimate of drug-likeness (QED) is 0.352. The SMILES string of the molecule is CCCC[B-](CCCC)(CCCC)NCCCOC.[H+]. The smallest absolute Gasteiger partial charge is 0.488 e. The van der Waals surface area contributed by atoms with Crippen LogP contribution >= 0.6 is 0 Å². The van der Waals surface area contributed by atoms with Crippen molar-refractivity contribution in [3.8, 4) is 0 Å². The van der Waals surface area contributed by atoms with Crippen molar-refractivity contribution in [3.63, 3.8) is 0 Å². The fourth-order valence-electron chi connectivity index (χ4n) is 3.15. The minimum Gasteiger partial charge on any atom is -0.488 e. The topological polar surface area (TPSA) is 21.3 Å². The molecule has 0 aromatic heterocycles. The van der Waals surface area contributed by atoms with E-state index in [0.29, 0.717) is 0 Å². The van der Waals surface area contributed by atoms with Gasteiger partial charge in [0.25, 0.3) is 0 Å². The average Bonchev–Trinajstić information content (AvgIpc) is 2.44. The molecule has 0 aromatic carbocycles. The number of methoxy groups -OCH3 is 1. The van der Waals surface area contributed by atoms with Crippen LogP contribution in [-0.4, -0.2) is 26.5 Å². The number of rotatable bonds is 14. The molecule has 0 aromatic rings. The van der Waals surface area contributed by atoms with Crippen LogP contribution < -0.4 is 5.23 Å². The van der Waals surface area contributed by atoms with Gasteiger partial charge in [-0.3, -0.25) is 0 Å². The molecule has 0 radical (unpaired) electrons. The molecule has 0 heterocycles. The molecule has 116 valence electrons. The molecule has 0 saturated heterocycles. The summed E-state index contributed by atoms with van der Waals surface area (Å²) in [6.45, 7) is 8.95. The molecule has 1 N–H and O–H groups in total. The number of nitrogens with one attached hydrogen (secondary N) is 1. The third-order valence-electron chi connectivity index (χ3n) is 4.43. The Labute approximate surface area is 123 Å². The second kappa shape index (κ2) is 13.0. The molecule has 0 saturated carbocycles. The molecule has 2 nitrogen and oxygen atoms in total. The first kappa shape index (κ1) is 19.0. The Bertz CT molecular complexity index is 172. The van der Waals surface area contributed by atoms with Crippen LogP contribution in [0, 0.1) is 0 Å². The van der Waals surface area contributed by atoms with E-state index in [1.807, 2.05) is 0 Å². The van der Waals surface area contributed by atoms with Gasteiger partial charge in [0.05, 0.1) is 6.28 Å². The maximum Gasteiger partial charge on any atom is 1.00 e. The highest BCUT2D eigenvalue weighted by Gasteiger charge is 2.22. The fourth-order valence-corrected chi connectivity index (χ4v) is 3.15.